The van der Waals surface area contributed by atoms with Gasteiger partial charge < -0.3 is 15.2 Å². The summed E-state index contributed by atoms with van der Waals surface area (Å²) in [6, 6.07) is 5.67. The Bertz CT molecular complexity index is 544. The number of aromatic nitrogens is 2. The maximum atomic E-state index is 5.70. The molecule has 0 bridgehead atoms. The van der Waals surface area contributed by atoms with Crippen LogP contribution in [0.3, 0.4) is 0 Å². The molecule has 0 aliphatic carbocycles. The summed E-state index contributed by atoms with van der Waals surface area (Å²) < 4.78 is 11.0. The van der Waals surface area contributed by atoms with Gasteiger partial charge in [-0.25, -0.2) is 4.98 Å². The third-order valence-corrected chi connectivity index (χ3v) is 2.45. The molecule has 0 spiro atoms. The fourth-order valence-corrected chi connectivity index (χ4v) is 1.54. The molecule has 2 rings (SSSR count). The van der Waals surface area contributed by atoms with Crippen molar-refractivity contribution in [1.29, 1.82) is 0 Å². The van der Waals surface area contributed by atoms with E-state index in [0.29, 0.717) is 23.1 Å². The zero-order valence-corrected chi connectivity index (χ0v) is 10.4. The van der Waals surface area contributed by atoms with Crippen LogP contribution < -0.4 is 15.2 Å². The second-order valence-corrected chi connectivity index (χ2v) is 3.77. The molecule has 5 nitrogen and oxygen atoms in total. The van der Waals surface area contributed by atoms with E-state index in [1.807, 2.05) is 25.1 Å². The van der Waals surface area contributed by atoms with Crippen LogP contribution in [0, 0.1) is 6.92 Å². The molecular weight excluding hydrogens is 230 g/mol. The Labute approximate surface area is 106 Å². The normalized spacial score (nSPS) is 10.2. The van der Waals surface area contributed by atoms with E-state index in [0.717, 1.165) is 5.56 Å². The molecule has 1 aromatic carbocycles. The molecule has 0 aliphatic rings. The molecule has 0 fully saturated rings. The van der Waals surface area contributed by atoms with E-state index >= 15 is 0 Å². The topological polar surface area (TPSA) is 70.3 Å². The maximum absolute atomic E-state index is 5.70. The minimum absolute atomic E-state index is 0.275. The molecule has 0 aliphatic heterocycles. The third-order valence-electron chi connectivity index (χ3n) is 2.45. The summed E-state index contributed by atoms with van der Waals surface area (Å²) in [6.45, 7) is 2.26. The van der Waals surface area contributed by atoms with Crippen LogP contribution >= 0.6 is 0 Å². The van der Waals surface area contributed by atoms with Crippen LogP contribution in [0.1, 0.15) is 11.3 Å². The lowest BCUT2D eigenvalue weighted by Crippen LogP contribution is -2.04. The maximum Gasteiger partial charge on any atom is 0.242 e. The van der Waals surface area contributed by atoms with Gasteiger partial charge in [0.25, 0.3) is 0 Å². The standard InChI is InChI=1S/C13H15N3O2/c1-9-3-4-11(12(7-9)17-2)18-13-10(8-14)15-5-6-16-13/h3-7H,8,14H2,1-2H3. The van der Waals surface area contributed by atoms with Crippen molar-refractivity contribution in [3.8, 4) is 17.4 Å². The van der Waals surface area contributed by atoms with Crippen LogP contribution in [0.15, 0.2) is 30.6 Å². The molecule has 0 saturated carbocycles. The lowest BCUT2D eigenvalue weighted by Gasteiger charge is -2.11. The Balaban J connectivity index is 2.33. The molecule has 94 valence electrons. The molecule has 2 aromatic rings. The minimum Gasteiger partial charge on any atom is -0.493 e. The van der Waals surface area contributed by atoms with E-state index in [-0.39, 0.29) is 6.54 Å². The molecule has 0 atom stereocenters. The smallest absolute Gasteiger partial charge is 0.242 e. The van der Waals surface area contributed by atoms with Gasteiger partial charge in [-0.2, -0.15) is 0 Å². The highest BCUT2D eigenvalue weighted by Crippen LogP contribution is 2.32. The second-order valence-electron chi connectivity index (χ2n) is 3.77. The molecule has 0 saturated heterocycles. The number of hydrogen-bond donors (Lipinski definition) is 1. The lowest BCUT2D eigenvalue weighted by atomic mass is 10.2. The number of aryl methyl sites for hydroxylation is 1. The summed E-state index contributed by atoms with van der Waals surface area (Å²) in [4.78, 5) is 8.24. The summed E-state index contributed by atoms with van der Waals surface area (Å²) >= 11 is 0. The predicted molar refractivity (Wildman–Crippen MR) is 67.7 cm³/mol. The van der Waals surface area contributed by atoms with Crippen molar-refractivity contribution in [2.45, 2.75) is 13.5 Å². The van der Waals surface area contributed by atoms with Crippen LogP contribution in [0.4, 0.5) is 0 Å². The largest absolute Gasteiger partial charge is 0.493 e. The zero-order valence-electron chi connectivity index (χ0n) is 10.4. The van der Waals surface area contributed by atoms with Gasteiger partial charge in [0.2, 0.25) is 5.88 Å². The third kappa shape index (κ3) is 2.57. The van der Waals surface area contributed by atoms with Gasteiger partial charge in [0.15, 0.2) is 11.5 Å². The van der Waals surface area contributed by atoms with E-state index < -0.39 is 0 Å². The Morgan fingerprint density at radius 2 is 1.94 bits per heavy atom. The van der Waals surface area contributed by atoms with Crippen molar-refractivity contribution < 1.29 is 9.47 Å². The van der Waals surface area contributed by atoms with E-state index in [1.54, 1.807) is 19.5 Å². The molecule has 0 unspecified atom stereocenters. The molecular formula is C13H15N3O2. The predicted octanol–water partition coefficient (Wildman–Crippen LogP) is 2.04. The van der Waals surface area contributed by atoms with Gasteiger partial charge in [0, 0.05) is 18.9 Å². The van der Waals surface area contributed by atoms with E-state index in [9.17, 15) is 0 Å². The summed E-state index contributed by atoms with van der Waals surface area (Å²) in [7, 11) is 1.60. The summed E-state index contributed by atoms with van der Waals surface area (Å²) in [5.74, 6) is 1.66. The number of hydrogen-bond acceptors (Lipinski definition) is 5. The van der Waals surface area contributed by atoms with Gasteiger partial charge in [0.1, 0.15) is 5.69 Å². The van der Waals surface area contributed by atoms with Crippen molar-refractivity contribution in [3.63, 3.8) is 0 Å². The lowest BCUT2D eigenvalue weighted by molar-refractivity contribution is 0.371. The molecule has 18 heavy (non-hydrogen) atoms. The van der Waals surface area contributed by atoms with E-state index in [2.05, 4.69) is 9.97 Å². The first-order valence-electron chi connectivity index (χ1n) is 5.57. The fraction of sp³-hybridized carbons (Fsp3) is 0.231. The van der Waals surface area contributed by atoms with Gasteiger partial charge >= 0.3 is 0 Å². The average molecular weight is 245 g/mol. The Hall–Kier alpha value is -2.14. The summed E-state index contributed by atoms with van der Waals surface area (Å²) in [5.41, 5.74) is 7.29. The van der Waals surface area contributed by atoms with E-state index in [1.165, 1.54) is 0 Å². The monoisotopic (exact) mass is 245 g/mol. The first kappa shape index (κ1) is 12.3. The van der Waals surface area contributed by atoms with Crippen LogP contribution in [-0.2, 0) is 6.54 Å². The number of ether oxygens (including phenoxy) is 2. The van der Waals surface area contributed by atoms with E-state index in [4.69, 9.17) is 15.2 Å². The summed E-state index contributed by atoms with van der Waals surface area (Å²) in [6.07, 6.45) is 3.15. The SMILES string of the molecule is COc1cc(C)ccc1Oc1nccnc1CN. The Morgan fingerprint density at radius 1 is 1.17 bits per heavy atom. The zero-order chi connectivity index (χ0) is 13.0. The van der Waals surface area contributed by atoms with Crippen LogP contribution in [0.5, 0.6) is 17.4 Å². The Kier molecular flexibility index (Phi) is 3.74. The highest BCUT2D eigenvalue weighted by atomic mass is 16.5. The van der Waals surface area contributed by atoms with Gasteiger partial charge in [-0.05, 0) is 24.6 Å². The average Bonchev–Trinajstić information content (AvgIpc) is 2.41. The fourth-order valence-electron chi connectivity index (χ4n) is 1.54. The first-order valence-corrected chi connectivity index (χ1v) is 5.57. The van der Waals surface area contributed by atoms with Crippen molar-refractivity contribution in [1.82, 2.24) is 9.97 Å². The Morgan fingerprint density at radius 3 is 2.67 bits per heavy atom. The van der Waals surface area contributed by atoms with Crippen LogP contribution in [-0.4, -0.2) is 17.1 Å². The van der Waals surface area contributed by atoms with Gasteiger partial charge in [-0.15, -0.1) is 0 Å². The molecule has 5 heteroatoms. The second kappa shape index (κ2) is 5.46. The minimum atomic E-state index is 0.275. The summed E-state index contributed by atoms with van der Waals surface area (Å²) in [5, 5.41) is 0. The van der Waals surface area contributed by atoms with Gasteiger partial charge in [-0.1, -0.05) is 6.07 Å². The number of nitrogens with two attached hydrogens (primary N) is 1. The van der Waals surface area contributed by atoms with Gasteiger partial charge in [-0.3, -0.25) is 4.98 Å². The number of methoxy groups -OCH3 is 1. The molecule has 0 amide bonds. The quantitative estimate of drug-likeness (QED) is 0.892. The van der Waals surface area contributed by atoms with Crippen molar-refractivity contribution in [2.75, 3.05) is 7.11 Å². The van der Waals surface area contributed by atoms with Crippen LogP contribution in [0.25, 0.3) is 0 Å². The van der Waals surface area contributed by atoms with Crippen LogP contribution in [0.2, 0.25) is 0 Å². The van der Waals surface area contributed by atoms with Crippen molar-refractivity contribution >= 4 is 0 Å². The highest BCUT2D eigenvalue weighted by Gasteiger charge is 2.10. The molecule has 1 aromatic heterocycles. The highest BCUT2D eigenvalue weighted by molar-refractivity contribution is 5.44. The number of rotatable bonds is 4. The molecule has 0 radical (unpaired) electrons. The first-order chi connectivity index (χ1) is 8.74. The number of benzene rings is 1. The molecule has 2 N–H and O–H groups in total. The molecule has 1 heterocycles. The van der Waals surface area contributed by atoms with Gasteiger partial charge in [0.05, 0.1) is 7.11 Å². The van der Waals surface area contributed by atoms with Crippen molar-refractivity contribution in [2.24, 2.45) is 5.73 Å². The van der Waals surface area contributed by atoms with Crippen molar-refractivity contribution in [3.05, 3.63) is 41.9 Å². The number of nitrogens with zero attached hydrogens (tertiary/aromatic N) is 2.